The second-order valence-corrected chi connectivity index (χ2v) is 4.30. The lowest BCUT2D eigenvalue weighted by atomic mass is 10.1. The van der Waals surface area contributed by atoms with Gasteiger partial charge in [-0.1, -0.05) is 0 Å². The molecule has 0 atom stereocenters. The van der Waals surface area contributed by atoms with Gasteiger partial charge < -0.3 is 10.6 Å². The molecular formula is C12H13F3N2O. The molecule has 6 heteroatoms. The highest BCUT2D eigenvalue weighted by atomic mass is 19.4. The number of nitrogens with zero attached hydrogens (tertiary/aromatic N) is 1. The average molecular weight is 258 g/mol. The second kappa shape index (κ2) is 4.51. The van der Waals surface area contributed by atoms with Crippen LogP contribution in [-0.4, -0.2) is 23.9 Å². The van der Waals surface area contributed by atoms with Crippen LogP contribution in [0.5, 0.6) is 0 Å². The van der Waals surface area contributed by atoms with Crippen LogP contribution >= 0.6 is 0 Å². The van der Waals surface area contributed by atoms with Gasteiger partial charge in [0.05, 0.1) is 5.56 Å². The molecule has 0 bridgehead atoms. The highest BCUT2D eigenvalue weighted by molar-refractivity contribution is 5.95. The Morgan fingerprint density at radius 2 is 1.83 bits per heavy atom. The number of amides is 1. The van der Waals surface area contributed by atoms with Gasteiger partial charge in [0.1, 0.15) is 0 Å². The summed E-state index contributed by atoms with van der Waals surface area (Å²) < 4.78 is 38.0. The smallest absolute Gasteiger partial charge is 0.398 e. The lowest BCUT2D eigenvalue weighted by molar-refractivity contribution is -0.136. The van der Waals surface area contributed by atoms with Gasteiger partial charge in [0.2, 0.25) is 0 Å². The van der Waals surface area contributed by atoms with Crippen LogP contribution in [0, 0.1) is 0 Å². The maximum Gasteiger partial charge on any atom is 0.418 e. The summed E-state index contributed by atoms with van der Waals surface area (Å²) in [6, 6.07) is 3.30. The van der Waals surface area contributed by atoms with Gasteiger partial charge >= 0.3 is 6.18 Å². The Balaban J connectivity index is 2.32. The summed E-state index contributed by atoms with van der Waals surface area (Å²) in [5, 5.41) is 0. The molecule has 1 saturated heterocycles. The molecule has 18 heavy (non-hydrogen) atoms. The highest BCUT2D eigenvalue weighted by Crippen LogP contribution is 2.34. The lowest BCUT2D eigenvalue weighted by Gasteiger charge is -2.17. The summed E-state index contributed by atoms with van der Waals surface area (Å²) in [6.07, 6.45) is -2.74. The summed E-state index contributed by atoms with van der Waals surface area (Å²) in [7, 11) is 0. The van der Waals surface area contributed by atoms with Crippen molar-refractivity contribution in [3.8, 4) is 0 Å². The average Bonchev–Trinajstić information content (AvgIpc) is 2.80. The van der Waals surface area contributed by atoms with E-state index in [1.807, 2.05) is 0 Å². The van der Waals surface area contributed by atoms with Crippen molar-refractivity contribution in [1.82, 2.24) is 4.90 Å². The number of benzene rings is 1. The van der Waals surface area contributed by atoms with E-state index in [1.165, 1.54) is 6.07 Å². The van der Waals surface area contributed by atoms with Gasteiger partial charge in [-0.3, -0.25) is 4.79 Å². The first kappa shape index (κ1) is 12.7. The van der Waals surface area contributed by atoms with E-state index in [2.05, 4.69) is 0 Å². The molecule has 0 unspecified atom stereocenters. The Labute approximate surface area is 102 Å². The zero-order chi connectivity index (χ0) is 13.3. The number of hydrogen-bond acceptors (Lipinski definition) is 2. The van der Waals surface area contributed by atoms with Gasteiger partial charge in [0, 0.05) is 24.3 Å². The van der Waals surface area contributed by atoms with Gasteiger partial charge in [-0.25, -0.2) is 0 Å². The number of halogens is 3. The number of nitrogens with two attached hydrogens (primary N) is 1. The molecule has 1 aliphatic rings. The van der Waals surface area contributed by atoms with Crippen LogP contribution in [0.1, 0.15) is 28.8 Å². The summed E-state index contributed by atoms with van der Waals surface area (Å²) in [5.41, 5.74) is 4.01. The molecule has 2 N–H and O–H groups in total. The standard InChI is InChI=1S/C12H13F3N2O/c13-12(14,15)9-7-8(3-4-10(9)16)11(18)17-5-1-2-6-17/h3-4,7H,1-2,5-6,16H2. The summed E-state index contributed by atoms with van der Waals surface area (Å²) in [4.78, 5) is 13.5. The molecule has 1 aromatic rings. The molecule has 1 aliphatic heterocycles. The minimum atomic E-state index is -4.54. The van der Waals surface area contributed by atoms with Crippen molar-refractivity contribution >= 4 is 11.6 Å². The third-order valence-corrected chi connectivity index (χ3v) is 3.00. The quantitative estimate of drug-likeness (QED) is 0.787. The Bertz CT molecular complexity index is 465. The number of nitrogen functional groups attached to an aromatic ring is 1. The SMILES string of the molecule is Nc1ccc(C(=O)N2CCCC2)cc1C(F)(F)F. The number of carbonyl (C=O) groups excluding carboxylic acids is 1. The van der Waals surface area contributed by atoms with Crippen LogP contribution in [0.4, 0.5) is 18.9 Å². The first-order chi connectivity index (χ1) is 8.39. The van der Waals surface area contributed by atoms with Crippen molar-refractivity contribution < 1.29 is 18.0 Å². The summed E-state index contributed by atoms with van der Waals surface area (Å²) >= 11 is 0. The van der Waals surface area contributed by atoms with Crippen molar-refractivity contribution in [1.29, 1.82) is 0 Å². The van der Waals surface area contributed by atoms with Crippen molar-refractivity contribution in [3.63, 3.8) is 0 Å². The van der Waals surface area contributed by atoms with Crippen molar-refractivity contribution in [2.24, 2.45) is 0 Å². The largest absolute Gasteiger partial charge is 0.418 e. The van der Waals surface area contributed by atoms with Gasteiger partial charge in [0.25, 0.3) is 5.91 Å². The first-order valence-corrected chi connectivity index (χ1v) is 5.65. The minimum absolute atomic E-state index is 0.0402. The number of carbonyl (C=O) groups is 1. The zero-order valence-corrected chi connectivity index (χ0v) is 9.63. The van der Waals surface area contributed by atoms with Crippen LogP contribution in [0.2, 0.25) is 0 Å². The second-order valence-electron chi connectivity index (χ2n) is 4.30. The molecule has 0 saturated carbocycles. The normalized spacial score (nSPS) is 16.1. The van der Waals surface area contributed by atoms with Gasteiger partial charge in [-0.15, -0.1) is 0 Å². The summed E-state index contributed by atoms with van der Waals surface area (Å²) in [6.45, 7) is 1.20. The van der Waals surface area contributed by atoms with Crippen LogP contribution in [0.25, 0.3) is 0 Å². The van der Waals surface area contributed by atoms with Crippen molar-refractivity contribution in [3.05, 3.63) is 29.3 Å². The topological polar surface area (TPSA) is 46.3 Å². The van der Waals surface area contributed by atoms with E-state index in [0.29, 0.717) is 13.1 Å². The number of likely N-dealkylation sites (tertiary alicyclic amines) is 1. The molecule has 3 nitrogen and oxygen atoms in total. The molecule has 1 fully saturated rings. The minimum Gasteiger partial charge on any atom is -0.398 e. The fourth-order valence-corrected chi connectivity index (χ4v) is 2.04. The predicted octanol–water partition coefficient (Wildman–Crippen LogP) is 2.52. The molecule has 1 amide bonds. The molecule has 0 radical (unpaired) electrons. The molecule has 98 valence electrons. The number of rotatable bonds is 1. The third-order valence-electron chi connectivity index (χ3n) is 3.00. The van der Waals surface area contributed by atoms with Crippen LogP contribution in [-0.2, 0) is 6.18 Å². The Morgan fingerprint density at radius 1 is 1.22 bits per heavy atom. The van der Waals surface area contributed by atoms with Crippen LogP contribution < -0.4 is 5.73 Å². The van der Waals surface area contributed by atoms with E-state index in [1.54, 1.807) is 4.90 Å². The monoisotopic (exact) mass is 258 g/mol. The maximum atomic E-state index is 12.7. The lowest BCUT2D eigenvalue weighted by Crippen LogP contribution is -2.28. The zero-order valence-electron chi connectivity index (χ0n) is 9.63. The maximum absolute atomic E-state index is 12.7. The van der Waals surface area contributed by atoms with Crippen LogP contribution in [0.3, 0.4) is 0 Å². The van der Waals surface area contributed by atoms with Crippen LogP contribution in [0.15, 0.2) is 18.2 Å². The molecular weight excluding hydrogens is 245 g/mol. The Hall–Kier alpha value is -1.72. The van der Waals surface area contributed by atoms with E-state index in [-0.39, 0.29) is 17.2 Å². The molecule has 1 aromatic carbocycles. The number of anilines is 1. The van der Waals surface area contributed by atoms with E-state index >= 15 is 0 Å². The molecule has 2 rings (SSSR count). The molecule has 0 spiro atoms. The number of hydrogen-bond donors (Lipinski definition) is 1. The van der Waals surface area contributed by atoms with Gasteiger partial charge in [0.15, 0.2) is 0 Å². The fraction of sp³-hybridized carbons (Fsp3) is 0.417. The fourth-order valence-electron chi connectivity index (χ4n) is 2.04. The molecule has 1 heterocycles. The molecule has 0 aromatic heterocycles. The molecule has 0 aliphatic carbocycles. The van der Waals surface area contributed by atoms with Crippen molar-refractivity contribution in [2.45, 2.75) is 19.0 Å². The Morgan fingerprint density at radius 3 is 2.39 bits per heavy atom. The first-order valence-electron chi connectivity index (χ1n) is 5.65. The number of alkyl halides is 3. The van der Waals surface area contributed by atoms with Gasteiger partial charge in [-0.2, -0.15) is 13.2 Å². The highest BCUT2D eigenvalue weighted by Gasteiger charge is 2.34. The van der Waals surface area contributed by atoms with E-state index < -0.39 is 11.7 Å². The summed E-state index contributed by atoms with van der Waals surface area (Å²) in [5.74, 6) is -0.363. The Kier molecular flexibility index (Phi) is 3.19. The predicted molar refractivity (Wildman–Crippen MR) is 61.0 cm³/mol. The third kappa shape index (κ3) is 2.42. The van der Waals surface area contributed by atoms with E-state index in [0.717, 1.165) is 25.0 Å². The van der Waals surface area contributed by atoms with Gasteiger partial charge in [-0.05, 0) is 31.0 Å². The van der Waals surface area contributed by atoms with E-state index in [9.17, 15) is 18.0 Å². The van der Waals surface area contributed by atoms with E-state index in [4.69, 9.17) is 5.73 Å². The van der Waals surface area contributed by atoms with Crippen molar-refractivity contribution in [2.75, 3.05) is 18.8 Å².